The average molecular weight is 375 g/mol. The summed E-state index contributed by atoms with van der Waals surface area (Å²) in [6.45, 7) is 0.697. The molecule has 2 N–H and O–H groups in total. The summed E-state index contributed by atoms with van der Waals surface area (Å²) in [5.74, 6) is 0.615. The van der Waals surface area contributed by atoms with Gasteiger partial charge in [0.1, 0.15) is 0 Å². The second kappa shape index (κ2) is 8.01. The van der Waals surface area contributed by atoms with Crippen molar-refractivity contribution in [3.05, 3.63) is 41.6 Å². The number of nitrogens with one attached hydrogen (secondary N) is 2. The van der Waals surface area contributed by atoms with Crippen molar-refractivity contribution in [3.8, 4) is 0 Å². The number of aromatic nitrogens is 2. The highest BCUT2D eigenvalue weighted by Gasteiger charge is 2.17. The predicted octanol–water partition coefficient (Wildman–Crippen LogP) is 1.81. The smallest absolute Gasteiger partial charge is 0.240 e. The van der Waals surface area contributed by atoms with Gasteiger partial charge in [0.25, 0.3) is 0 Å². The molecule has 0 aliphatic heterocycles. The molecule has 0 unspecified atom stereocenters. The van der Waals surface area contributed by atoms with Crippen LogP contribution in [0.1, 0.15) is 24.0 Å². The van der Waals surface area contributed by atoms with Gasteiger partial charge in [-0.25, -0.2) is 13.1 Å². The number of rotatable bonds is 7. The number of benzene rings is 1. The van der Waals surface area contributed by atoms with Crippen LogP contribution in [0.2, 0.25) is 0 Å². The molecule has 0 radical (unpaired) electrons. The molecule has 2 aromatic rings. The summed E-state index contributed by atoms with van der Waals surface area (Å²) in [4.78, 5) is 2.27. The number of hydrogen-bond acceptors (Lipinski definition) is 6. The molecular weight excluding hydrogens is 350 g/mol. The van der Waals surface area contributed by atoms with E-state index >= 15 is 0 Å². The van der Waals surface area contributed by atoms with Gasteiger partial charge < -0.3 is 10.2 Å². The van der Waals surface area contributed by atoms with Crippen LogP contribution in [0.3, 0.4) is 0 Å². The quantitative estimate of drug-likeness (QED) is 0.718. The normalized spacial score (nSPS) is 13.9. The number of nitrogens with zero attached hydrogens (tertiary/aromatic N) is 3. The first-order valence-electron chi connectivity index (χ1n) is 8.81. The van der Waals surface area contributed by atoms with Crippen molar-refractivity contribution in [1.29, 1.82) is 0 Å². The van der Waals surface area contributed by atoms with E-state index in [2.05, 4.69) is 20.2 Å². The minimum Gasteiger partial charge on any atom is -0.376 e. The molecule has 1 aromatic heterocycles. The zero-order valence-corrected chi connectivity index (χ0v) is 16.0. The molecule has 1 aliphatic rings. The van der Waals surface area contributed by atoms with Gasteiger partial charge in [-0.05, 0) is 48.9 Å². The maximum atomic E-state index is 12.5. The zero-order chi connectivity index (χ0) is 18.6. The van der Waals surface area contributed by atoms with Crippen LogP contribution >= 0.6 is 0 Å². The van der Waals surface area contributed by atoms with Crippen molar-refractivity contribution < 1.29 is 8.42 Å². The Balaban J connectivity index is 1.56. The fraction of sp³-hybridized carbons (Fsp3) is 0.444. The molecular formula is C18H25N5O2S. The summed E-state index contributed by atoms with van der Waals surface area (Å²) >= 11 is 0. The molecule has 1 aliphatic carbocycles. The molecule has 0 fully saturated rings. The van der Waals surface area contributed by atoms with E-state index < -0.39 is 10.0 Å². The second-order valence-electron chi connectivity index (χ2n) is 6.66. The molecule has 1 heterocycles. The van der Waals surface area contributed by atoms with E-state index in [1.165, 1.54) is 12.0 Å². The second-order valence-corrected chi connectivity index (χ2v) is 8.42. The third kappa shape index (κ3) is 4.50. The molecule has 7 nitrogen and oxygen atoms in total. The predicted molar refractivity (Wildman–Crippen MR) is 103 cm³/mol. The van der Waals surface area contributed by atoms with E-state index in [0.717, 1.165) is 30.5 Å². The topological polar surface area (TPSA) is 87.2 Å². The van der Waals surface area contributed by atoms with Gasteiger partial charge in [-0.1, -0.05) is 6.07 Å². The summed E-state index contributed by atoms with van der Waals surface area (Å²) in [5.41, 5.74) is 3.36. The summed E-state index contributed by atoms with van der Waals surface area (Å²) in [6.07, 6.45) is 5.98. The first kappa shape index (κ1) is 18.6. The first-order chi connectivity index (χ1) is 12.5. The third-order valence-corrected chi connectivity index (χ3v) is 5.97. The number of hydrogen-bond donors (Lipinski definition) is 2. The Labute approximate surface area is 154 Å². The molecule has 8 heteroatoms. The van der Waals surface area contributed by atoms with Gasteiger partial charge in [-0.3, -0.25) is 0 Å². The first-order valence-corrected chi connectivity index (χ1v) is 10.3. The fourth-order valence-electron chi connectivity index (χ4n) is 3.02. The van der Waals surface area contributed by atoms with Crippen LogP contribution in [-0.4, -0.2) is 45.8 Å². The minimum absolute atomic E-state index is 0.271. The van der Waals surface area contributed by atoms with Gasteiger partial charge >= 0.3 is 0 Å². The SMILES string of the molecule is CN(C)c1cnnc(NCCNS(=O)(=O)c2ccc3c(c2)CCCC3)c1. The van der Waals surface area contributed by atoms with Crippen molar-refractivity contribution in [3.63, 3.8) is 0 Å². The van der Waals surface area contributed by atoms with Gasteiger partial charge in [0.05, 0.1) is 16.8 Å². The number of aryl methyl sites for hydroxylation is 2. The molecule has 1 aromatic carbocycles. The van der Waals surface area contributed by atoms with E-state index in [1.807, 2.05) is 37.2 Å². The Morgan fingerprint density at radius 1 is 1.08 bits per heavy atom. The van der Waals surface area contributed by atoms with Gasteiger partial charge in [-0.2, -0.15) is 5.10 Å². The average Bonchev–Trinajstić information content (AvgIpc) is 2.65. The van der Waals surface area contributed by atoms with Crippen molar-refractivity contribution in [2.75, 3.05) is 37.4 Å². The highest BCUT2D eigenvalue weighted by Crippen LogP contribution is 2.24. The zero-order valence-electron chi connectivity index (χ0n) is 15.2. The Hall–Kier alpha value is -2.19. The minimum atomic E-state index is -3.50. The number of anilines is 2. The van der Waals surface area contributed by atoms with Gasteiger partial charge in [0, 0.05) is 33.3 Å². The van der Waals surface area contributed by atoms with E-state index in [9.17, 15) is 8.42 Å². The third-order valence-electron chi connectivity index (χ3n) is 4.51. The monoisotopic (exact) mass is 375 g/mol. The lowest BCUT2D eigenvalue weighted by Gasteiger charge is -2.17. The molecule has 0 atom stereocenters. The Morgan fingerprint density at radius 3 is 2.62 bits per heavy atom. The standard InChI is InChI=1S/C18H25N5O2S/c1-23(2)16-12-18(22-20-13-16)19-9-10-21-26(24,25)17-8-7-14-5-3-4-6-15(14)11-17/h7-8,11-13,21H,3-6,9-10H2,1-2H3,(H,19,22). The van der Waals surface area contributed by atoms with Crippen LogP contribution in [-0.2, 0) is 22.9 Å². The lowest BCUT2D eigenvalue weighted by atomic mass is 9.92. The molecule has 0 saturated heterocycles. The highest BCUT2D eigenvalue weighted by atomic mass is 32.2. The number of fused-ring (bicyclic) bond motifs is 1. The Kier molecular flexibility index (Phi) is 5.73. The summed E-state index contributed by atoms with van der Waals surface area (Å²) in [7, 11) is 0.344. The van der Waals surface area contributed by atoms with Gasteiger partial charge in [-0.15, -0.1) is 5.10 Å². The highest BCUT2D eigenvalue weighted by molar-refractivity contribution is 7.89. The summed E-state index contributed by atoms with van der Waals surface area (Å²) < 4.78 is 27.6. The molecule has 0 spiro atoms. The van der Waals surface area contributed by atoms with Crippen LogP contribution in [0, 0.1) is 0 Å². The molecule has 26 heavy (non-hydrogen) atoms. The Bertz CT molecular complexity index is 868. The molecule has 140 valence electrons. The molecule has 3 rings (SSSR count). The van der Waals surface area contributed by atoms with Gasteiger partial charge in [0.2, 0.25) is 10.0 Å². The van der Waals surface area contributed by atoms with Crippen molar-refractivity contribution in [2.45, 2.75) is 30.6 Å². The van der Waals surface area contributed by atoms with Crippen LogP contribution in [0.15, 0.2) is 35.4 Å². The maximum Gasteiger partial charge on any atom is 0.240 e. The van der Waals surface area contributed by atoms with Crippen LogP contribution in [0.4, 0.5) is 11.5 Å². The van der Waals surface area contributed by atoms with Crippen molar-refractivity contribution >= 4 is 21.5 Å². The molecule has 0 bridgehead atoms. The summed E-state index contributed by atoms with van der Waals surface area (Å²) in [5, 5.41) is 11.0. The van der Waals surface area contributed by atoms with Crippen molar-refractivity contribution in [1.82, 2.24) is 14.9 Å². The fourth-order valence-corrected chi connectivity index (χ4v) is 4.11. The van der Waals surface area contributed by atoms with E-state index in [4.69, 9.17) is 0 Å². The lowest BCUT2D eigenvalue weighted by molar-refractivity contribution is 0.582. The Morgan fingerprint density at radius 2 is 1.85 bits per heavy atom. The van der Waals surface area contributed by atoms with Crippen LogP contribution in [0.25, 0.3) is 0 Å². The largest absolute Gasteiger partial charge is 0.376 e. The van der Waals surface area contributed by atoms with E-state index in [-0.39, 0.29) is 6.54 Å². The van der Waals surface area contributed by atoms with E-state index in [0.29, 0.717) is 17.3 Å². The maximum absolute atomic E-state index is 12.5. The lowest BCUT2D eigenvalue weighted by Crippen LogP contribution is -2.29. The summed E-state index contributed by atoms with van der Waals surface area (Å²) in [6, 6.07) is 7.33. The number of sulfonamides is 1. The van der Waals surface area contributed by atoms with E-state index in [1.54, 1.807) is 12.3 Å². The van der Waals surface area contributed by atoms with Crippen LogP contribution < -0.4 is 14.9 Å². The van der Waals surface area contributed by atoms with Crippen molar-refractivity contribution in [2.24, 2.45) is 0 Å². The molecule has 0 saturated carbocycles. The molecule has 0 amide bonds. The van der Waals surface area contributed by atoms with Crippen LogP contribution in [0.5, 0.6) is 0 Å². The van der Waals surface area contributed by atoms with Gasteiger partial charge in [0.15, 0.2) is 5.82 Å².